The average Bonchev–Trinajstić information content (AvgIpc) is 2.71. The number of nitrogens with zero attached hydrogens (tertiary/aromatic N) is 1. The maximum Gasteiger partial charge on any atom is 0.409 e. The fraction of sp³-hybridized carbons (Fsp3) is 0.636. The van der Waals surface area contributed by atoms with Crippen LogP contribution in [0.15, 0.2) is 24.3 Å². The molecule has 1 fully saturated rings. The normalized spacial score (nSPS) is 18.8. The molecule has 1 aliphatic heterocycles. The van der Waals surface area contributed by atoms with Gasteiger partial charge in [0, 0.05) is 37.5 Å². The summed E-state index contributed by atoms with van der Waals surface area (Å²) in [7, 11) is 0. The number of carbonyl (C=O) groups excluding carboxylic acids is 2. The third-order valence-corrected chi connectivity index (χ3v) is 5.75. The predicted molar refractivity (Wildman–Crippen MR) is 114 cm³/mol. The first kappa shape index (κ1) is 23.5. The lowest BCUT2D eigenvalue weighted by Gasteiger charge is -2.42. The van der Waals surface area contributed by atoms with E-state index in [1.165, 1.54) is 6.92 Å². The maximum absolute atomic E-state index is 12.4. The van der Waals surface area contributed by atoms with Gasteiger partial charge in [0.1, 0.15) is 0 Å². The monoisotopic (exact) mass is 424 g/mol. The highest BCUT2D eigenvalue weighted by atomic mass is 35.5. The third-order valence-electron chi connectivity index (χ3n) is 5.51. The van der Waals surface area contributed by atoms with Crippen LogP contribution in [0, 0.1) is 5.92 Å². The summed E-state index contributed by atoms with van der Waals surface area (Å²) in [5.74, 6) is -0.222. The Balaban J connectivity index is 2.14. The van der Waals surface area contributed by atoms with Gasteiger partial charge in [-0.05, 0) is 49.8 Å². The van der Waals surface area contributed by atoms with Crippen molar-refractivity contribution in [2.24, 2.45) is 5.92 Å². The van der Waals surface area contributed by atoms with Gasteiger partial charge < -0.3 is 20.1 Å². The SMILES string of the molecule is CCCCOC(=O)N1CCCC([C@@](O)(CCCNC(C)=O)c2cccc(Cl)c2)C1. The second-order valence-electron chi connectivity index (χ2n) is 7.77. The first-order valence-corrected chi connectivity index (χ1v) is 10.9. The topological polar surface area (TPSA) is 78.9 Å². The van der Waals surface area contributed by atoms with Crippen LogP contribution in [-0.4, -0.2) is 48.2 Å². The molecule has 0 aromatic heterocycles. The Bertz CT molecular complexity index is 685. The number of likely N-dealkylation sites (tertiary alicyclic amines) is 1. The highest BCUT2D eigenvalue weighted by molar-refractivity contribution is 6.30. The van der Waals surface area contributed by atoms with Crippen LogP contribution in [0.3, 0.4) is 0 Å². The van der Waals surface area contributed by atoms with Crippen LogP contribution in [0.5, 0.6) is 0 Å². The molecule has 2 N–H and O–H groups in total. The molecule has 162 valence electrons. The molecule has 1 unspecified atom stereocenters. The van der Waals surface area contributed by atoms with E-state index in [2.05, 4.69) is 12.2 Å². The van der Waals surface area contributed by atoms with Gasteiger partial charge in [0.2, 0.25) is 5.91 Å². The number of ether oxygens (including phenoxy) is 1. The number of carbonyl (C=O) groups is 2. The van der Waals surface area contributed by atoms with Crippen molar-refractivity contribution < 1.29 is 19.4 Å². The Morgan fingerprint density at radius 3 is 2.86 bits per heavy atom. The van der Waals surface area contributed by atoms with Crippen molar-refractivity contribution in [1.82, 2.24) is 10.2 Å². The molecule has 0 saturated carbocycles. The molecule has 0 bridgehead atoms. The number of nitrogens with one attached hydrogen (secondary N) is 1. The Kier molecular flexibility index (Phi) is 9.24. The lowest BCUT2D eigenvalue weighted by atomic mass is 9.74. The van der Waals surface area contributed by atoms with E-state index in [0.29, 0.717) is 44.1 Å². The molecule has 0 spiro atoms. The zero-order chi connectivity index (χ0) is 21.3. The van der Waals surface area contributed by atoms with Gasteiger partial charge in [0.05, 0.1) is 12.2 Å². The standard InChI is InChI=1S/C22H33ClN2O4/c1-3-4-14-29-21(27)25-13-6-9-19(16-25)22(28,11-7-12-24-17(2)26)18-8-5-10-20(23)15-18/h5,8,10,15,19,28H,3-4,6-7,9,11-14,16H2,1-2H3,(H,24,26)/t19?,22-/m1/s1. The van der Waals surface area contributed by atoms with Crippen molar-refractivity contribution in [2.75, 3.05) is 26.2 Å². The van der Waals surface area contributed by atoms with Crippen molar-refractivity contribution in [3.8, 4) is 0 Å². The lowest BCUT2D eigenvalue weighted by Crippen LogP contribution is -2.48. The van der Waals surface area contributed by atoms with E-state index in [0.717, 1.165) is 31.2 Å². The number of hydrogen-bond acceptors (Lipinski definition) is 4. The van der Waals surface area contributed by atoms with Crippen LogP contribution in [0.4, 0.5) is 4.79 Å². The summed E-state index contributed by atoms with van der Waals surface area (Å²) in [6.07, 6.45) is 4.22. The van der Waals surface area contributed by atoms with E-state index in [9.17, 15) is 14.7 Å². The second-order valence-corrected chi connectivity index (χ2v) is 8.21. The second kappa shape index (κ2) is 11.4. The summed E-state index contributed by atoms with van der Waals surface area (Å²) in [5.41, 5.74) is -0.384. The Hall–Kier alpha value is -1.79. The van der Waals surface area contributed by atoms with Gasteiger partial charge in [0.15, 0.2) is 0 Å². The summed E-state index contributed by atoms with van der Waals surface area (Å²) < 4.78 is 5.37. The molecule has 2 amide bonds. The number of halogens is 1. The zero-order valence-electron chi connectivity index (χ0n) is 17.5. The molecule has 1 heterocycles. The molecule has 1 aromatic rings. The maximum atomic E-state index is 12.4. The molecular weight excluding hydrogens is 392 g/mol. The smallest absolute Gasteiger partial charge is 0.409 e. The van der Waals surface area contributed by atoms with Gasteiger partial charge in [-0.25, -0.2) is 4.79 Å². The molecule has 1 aromatic carbocycles. The van der Waals surface area contributed by atoms with E-state index < -0.39 is 5.60 Å². The number of amides is 2. The number of unbranched alkanes of at least 4 members (excludes halogenated alkanes) is 1. The van der Waals surface area contributed by atoms with Gasteiger partial charge in [-0.2, -0.15) is 0 Å². The van der Waals surface area contributed by atoms with Gasteiger partial charge in [-0.3, -0.25) is 4.79 Å². The molecule has 0 aliphatic carbocycles. The lowest BCUT2D eigenvalue weighted by molar-refractivity contribution is -0.119. The molecule has 2 rings (SSSR count). The highest BCUT2D eigenvalue weighted by Crippen LogP contribution is 2.40. The summed E-state index contributed by atoms with van der Waals surface area (Å²) >= 11 is 6.19. The van der Waals surface area contributed by atoms with Crippen molar-refractivity contribution in [3.63, 3.8) is 0 Å². The molecule has 7 heteroatoms. The minimum atomic E-state index is -1.13. The van der Waals surface area contributed by atoms with E-state index in [1.54, 1.807) is 17.0 Å². The van der Waals surface area contributed by atoms with Crippen LogP contribution in [0.25, 0.3) is 0 Å². The van der Waals surface area contributed by atoms with E-state index in [-0.39, 0.29) is 17.9 Å². The van der Waals surface area contributed by atoms with Crippen molar-refractivity contribution >= 4 is 23.6 Å². The number of hydrogen-bond donors (Lipinski definition) is 2. The molecule has 0 radical (unpaired) electrons. The summed E-state index contributed by atoms with van der Waals surface area (Å²) in [6, 6.07) is 7.28. The first-order chi connectivity index (χ1) is 13.9. The largest absolute Gasteiger partial charge is 0.449 e. The van der Waals surface area contributed by atoms with Crippen LogP contribution in [-0.2, 0) is 15.1 Å². The van der Waals surface area contributed by atoms with Gasteiger partial charge in [0.25, 0.3) is 0 Å². The van der Waals surface area contributed by atoms with Gasteiger partial charge >= 0.3 is 6.09 Å². The van der Waals surface area contributed by atoms with E-state index in [1.807, 2.05) is 12.1 Å². The number of aliphatic hydroxyl groups is 1. The minimum absolute atomic E-state index is 0.0880. The molecule has 6 nitrogen and oxygen atoms in total. The van der Waals surface area contributed by atoms with Crippen LogP contribution in [0.1, 0.15) is 57.9 Å². The fourth-order valence-corrected chi connectivity index (χ4v) is 4.08. The Morgan fingerprint density at radius 1 is 1.38 bits per heavy atom. The van der Waals surface area contributed by atoms with Crippen LogP contribution >= 0.6 is 11.6 Å². The summed E-state index contributed by atoms with van der Waals surface area (Å²) in [5, 5.41) is 15.1. The summed E-state index contributed by atoms with van der Waals surface area (Å²) in [6.45, 7) is 5.52. The average molecular weight is 425 g/mol. The predicted octanol–water partition coefficient (Wildman–Crippen LogP) is 4.09. The van der Waals surface area contributed by atoms with Crippen molar-refractivity contribution in [1.29, 1.82) is 0 Å². The molecule has 29 heavy (non-hydrogen) atoms. The molecular formula is C22H33ClN2O4. The Labute approximate surface area is 178 Å². The van der Waals surface area contributed by atoms with Crippen molar-refractivity contribution in [2.45, 2.75) is 58.0 Å². The number of benzene rings is 1. The first-order valence-electron chi connectivity index (χ1n) is 10.5. The minimum Gasteiger partial charge on any atom is -0.449 e. The van der Waals surface area contributed by atoms with Crippen molar-refractivity contribution in [3.05, 3.63) is 34.9 Å². The molecule has 1 aliphatic rings. The van der Waals surface area contributed by atoms with E-state index in [4.69, 9.17) is 16.3 Å². The van der Waals surface area contributed by atoms with Crippen LogP contribution in [0.2, 0.25) is 5.02 Å². The van der Waals surface area contributed by atoms with Gasteiger partial charge in [-0.1, -0.05) is 37.1 Å². The summed E-state index contributed by atoms with van der Waals surface area (Å²) in [4.78, 5) is 25.3. The van der Waals surface area contributed by atoms with Gasteiger partial charge in [-0.15, -0.1) is 0 Å². The fourth-order valence-electron chi connectivity index (χ4n) is 3.89. The Morgan fingerprint density at radius 2 is 2.17 bits per heavy atom. The third kappa shape index (κ3) is 6.89. The van der Waals surface area contributed by atoms with Crippen LogP contribution < -0.4 is 5.32 Å². The zero-order valence-corrected chi connectivity index (χ0v) is 18.2. The number of rotatable bonds is 9. The number of piperidine rings is 1. The van der Waals surface area contributed by atoms with E-state index >= 15 is 0 Å². The molecule has 1 saturated heterocycles. The molecule has 2 atom stereocenters. The quantitative estimate of drug-likeness (QED) is 0.585. The highest BCUT2D eigenvalue weighted by Gasteiger charge is 2.41.